The van der Waals surface area contributed by atoms with E-state index in [1.165, 1.54) is 19.3 Å². The molecule has 172 valence electrons. The molecule has 1 amide bonds. The molecule has 2 unspecified atom stereocenters. The second-order valence-corrected chi connectivity index (χ2v) is 8.82. The maximum atomic E-state index is 12.8. The Bertz CT molecular complexity index is 1130. The van der Waals surface area contributed by atoms with Crippen LogP contribution in [-0.2, 0) is 0 Å². The van der Waals surface area contributed by atoms with Gasteiger partial charge in [-0.2, -0.15) is 0 Å². The number of nitrogens with two attached hydrogens (primary N) is 1. The Morgan fingerprint density at radius 3 is 2.67 bits per heavy atom. The number of pyridine rings is 1. The van der Waals surface area contributed by atoms with Crippen molar-refractivity contribution in [1.82, 2.24) is 15.2 Å². The highest BCUT2D eigenvalue weighted by Gasteiger charge is 2.38. The largest absolute Gasteiger partial charge is 0.372 e. The first-order valence-electron chi connectivity index (χ1n) is 11.6. The number of aromatic nitrogens is 1. The molecule has 3 atom stereocenters. The summed E-state index contributed by atoms with van der Waals surface area (Å²) < 4.78 is 0. The van der Waals surface area contributed by atoms with Crippen LogP contribution in [-0.4, -0.2) is 54.2 Å². The maximum Gasteiger partial charge on any atom is 0.271 e. The minimum atomic E-state index is -0.338. The third-order valence-electron chi connectivity index (χ3n) is 6.56. The van der Waals surface area contributed by atoms with E-state index in [1.807, 2.05) is 36.4 Å². The molecule has 2 saturated heterocycles. The van der Waals surface area contributed by atoms with E-state index in [2.05, 4.69) is 31.5 Å². The lowest BCUT2D eigenvalue weighted by atomic mass is 10.1. The molecule has 3 aliphatic rings. The van der Waals surface area contributed by atoms with Crippen molar-refractivity contribution in [2.75, 3.05) is 36.4 Å². The van der Waals surface area contributed by atoms with Crippen molar-refractivity contribution < 1.29 is 4.79 Å². The number of hydrogen-bond acceptors (Lipinski definition) is 6. The van der Waals surface area contributed by atoms with Gasteiger partial charge in [0.15, 0.2) is 0 Å². The van der Waals surface area contributed by atoms with Crippen molar-refractivity contribution in [3.05, 3.63) is 76.2 Å². The third kappa shape index (κ3) is 4.72. The highest BCUT2D eigenvalue weighted by atomic mass is 16.2. The first kappa shape index (κ1) is 21.5. The molecule has 5 N–H and O–H groups in total. The van der Waals surface area contributed by atoms with Crippen LogP contribution in [0.25, 0.3) is 5.70 Å². The Labute approximate surface area is 193 Å². The summed E-state index contributed by atoms with van der Waals surface area (Å²) in [5.74, 6) is -0.305. The minimum Gasteiger partial charge on any atom is -0.372 e. The number of H-pyrrole nitrogens is 1. The van der Waals surface area contributed by atoms with E-state index in [0.29, 0.717) is 18.2 Å². The molecule has 3 aliphatic heterocycles. The van der Waals surface area contributed by atoms with Crippen molar-refractivity contribution in [2.45, 2.75) is 31.5 Å². The van der Waals surface area contributed by atoms with Gasteiger partial charge >= 0.3 is 0 Å². The Kier molecular flexibility index (Phi) is 6.02. The predicted molar refractivity (Wildman–Crippen MR) is 131 cm³/mol. The number of nitrogens with zero attached hydrogens (tertiary/aromatic N) is 2. The molecule has 1 aromatic carbocycles. The molecule has 8 nitrogen and oxygen atoms in total. The van der Waals surface area contributed by atoms with Crippen LogP contribution in [0.4, 0.5) is 11.4 Å². The van der Waals surface area contributed by atoms with Crippen LogP contribution in [0.15, 0.2) is 59.6 Å². The molecule has 1 aromatic heterocycles. The lowest BCUT2D eigenvalue weighted by molar-refractivity contribution is 0.102. The molecule has 2 fully saturated rings. The zero-order chi connectivity index (χ0) is 22.8. The van der Waals surface area contributed by atoms with Gasteiger partial charge in [-0.25, -0.2) is 0 Å². The zero-order valence-corrected chi connectivity index (χ0v) is 18.6. The number of allylic oxidation sites excluding steroid dienone is 2. The van der Waals surface area contributed by atoms with Crippen molar-refractivity contribution in [3.63, 3.8) is 0 Å². The van der Waals surface area contributed by atoms with E-state index in [4.69, 9.17) is 5.73 Å². The zero-order valence-electron chi connectivity index (χ0n) is 18.6. The van der Waals surface area contributed by atoms with Gasteiger partial charge in [-0.1, -0.05) is 6.08 Å². The van der Waals surface area contributed by atoms with Crippen LogP contribution in [0.2, 0.25) is 0 Å². The second-order valence-electron chi connectivity index (χ2n) is 8.82. The molecule has 0 aliphatic carbocycles. The summed E-state index contributed by atoms with van der Waals surface area (Å²) in [7, 11) is 0. The summed E-state index contributed by atoms with van der Waals surface area (Å²) in [6, 6.07) is 9.69. The number of rotatable bonds is 6. The first-order valence-corrected chi connectivity index (χ1v) is 11.6. The van der Waals surface area contributed by atoms with Gasteiger partial charge < -0.3 is 26.3 Å². The summed E-state index contributed by atoms with van der Waals surface area (Å²) >= 11 is 0. The van der Waals surface area contributed by atoms with Gasteiger partial charge in [0.1, 0.15) is 5.69 Å². The summed E-state index contributed by atoms with van der Waals surface area (Å²) in [6.45, 7) is 3.71. The molecular formula is C25H30N6O2. The Morgan fingerprint density at radius 2 is 1.94 bits per heavy atom. The SMILES string of the molecule is NC[C@H]1CN1C1C=CC=C(c2c[nH]c(=O)c(NC(=O)c3ccc(N4CCCCC4)cc3)c2)N1. The van der Waals surface area contributed by atoms with Gasteiger partial charge in [0, 0.05) is 60.9 Å². The molecule has 2 aromatic rings. The van der Waals surface area contributed by atoms with Crippen molar-refractivity contribution >= 4 is 23.0 Å². The van der Waals surface area contributed by atoms with Gasteiger partial charge in [-0.3, -0.25) is 14.5 Å². The maximum absolute atomic E-state index is 12.8. The Morgan fingerprint density at radius 1 is 1.15 bits per heavy atom. The smallest absolute Gasteiger partial charge is 0.271 e. The number of dihydropyridines is 1. The van der Waals surface area contributed by atoms with Gasteiger partial charge in [-0.05, 0) is 61.7 Å². The number of nitrogens with one attached hydrogen (secondary N) is 3. The van der Waals surface area contributed by atoms with E-state index >= 15 is 0 Å². The van der Waals surface area contributed by atoms with Crippen molar-refractivity contribution in [1.29, 1.82) is 0 Å². The fraction of sp³-hybridized carbons (Fsp3) is 0.360. The van der Waals surface area contributed by atoms with E-state index in [0.717, 1.165) is 36.6 Å². The number of carbonyl (C=O) groups excluding carboxylic acids is 1. The lowest BCUT2D eigenvalue weighted by Gasteiger charge is -2.28. The van der Waals surface area contributed by atoms with Gasteiger partial charge in [0.25, 0.3) is 11.5 Å². The average Bonchev–Trinajstić information content (AvgIpc) is 3.66. The van der Waals surface area contributed by atoms with E-state index in [1.54, 1.807) is 12.3 Å². The summed E-state index contributed by atoms with van der Waals surface area (Å²) in [5.41, 5.74) is 8.97. The van der Waals surface area contributed by atoms with Crippen LogP contribution in [0.5, 0.6) is 0 Å². The summed E-state index contributed by atoms with van der Waals surface area (Å²) in [6.07, 6.45) is 11.4. The van der Waals surface area contributed by atoms with E-state index < -0.39 is 0 Å². The number of aromatic amines is 1. The molecule has 5 rings (SSSR count). The molecule has 8 heteroatoms. The highest BCUT2D eigenvalue weighted by Crippen LogP contribution is 2.25. The third-order valence-corrected chi connectivity index (χ3v) is 6.56. The van der Waals surface area contributed by atoms with Gasteiger partial charge in [0.2, 0.25) is 0 Å². The summed E-state index contributed by atoms with van der Waals surface area (Å²) in [5, 5.41) is 6.24. The van der Waals surface area contributed by atoms with Gasteiger partial charge in [-0.15, -0.1) is 0 Å². The quantitative estimate of drug-likeness (QED) is 0.507. The predicted octanol–water partition coefficient (Wildman–Crippen LogP) is 2.09. The standard InChI is InChI=1S/C25H30N6O2/c26-14-20-16-31(20)23-6-4-5-21(28-23)18-13-22(25(33)27-15-18)29-24(32)17-7-9-19(10-8-17)30-11-2-1-3-12-30/h4-10,13,15,20,23,28H,1-3,11-12,14,16,26H2,(H,27,33)(H,29,32)/t20-,23?,31?/m0/s1. The van der Waals surface area contributed by atoms with Crippen LogP contribution >= 0.6 is 0 Å². The lowest BCUT2D eigenvalue weighted by Crippen LogP contribution is -2.36. The molecule has 0 bridgehead atoms. The monoisotopic (exact) mass is 446 g/mol. The number of anilines is 2. The van der Waals surface area contributed by atoms with Crippen molar-refractivity contribution in [3.8, 4) is 0 Å². The normalized spacial score (nSPS) is 24.1. The van der Waals surface area contributed by atoms with E-state index in [-0.39, 0.29) is 23.3 Å². The Balaban J connectivity index is 1.27. The number of carbonyl (C=O) groups is 1. The average molecular weight is 447 g/mol. The topological polar surface area (TPSA) is 106 Å². The van der Waals surface area contributed by atoms with Crippen LogP contribution in [0.3, 0.4) is 0 Å². The minimum absolute atomic E-state index is 0.0712. The highest BCUT2D eigenvalue weighted by molar-refractivity contribution is 6.04. The number of piperidine rings is 1. The fourth-order valence-electron chi connectivity index (χ4n) is 4.53. The van der Waals surface area contributed by atoms with Crippen LogP contribution in [0.1, 0.15) is 35.2 Å². The molecule has 4 heterocycles. The first-order chi connectivity index (χ1) is 16.1. The molecule has 0 saturated carbocycles. The van der Waals surface area contributed by atoms with Crippen LogP contribution < -0.4 is 26.8 Å². The van der Waals surface area contributed by atoms with Gasteiger partial charge in [0.05, 0.1) is 6.17 Å². The number of hydrogen-bond donors (Lipinski definition) is 4. The van der Waals surface area contributed by atoms with Crippen molar-refractivity contribution in [2.24, 2.45) is 5.73 Å². The van der Waals surface area contributed by atoms with Crippen LogP contribution in [0, 0.1) is 0 Å². The molecule has 0 spiro atoms. The molecule has 0 radical (unpaired) electrons. The number of benzene rings is 1. The molecule has 33 heavy (non-hydrogen) atoms. The summed E-state index contributed by atoms with van der Waals surface area (Å²) in [4.78, 5) is 32.6. The Hall–Kier alpha value is -3.36. The second kappa shape index (κ2) is 9.25. The molecular weight excluding hydrogens is 416 g/mol. The fourth-order valence-corrected chi connectivity index (χ4v) is 4.53. The van der Waals surface area contributed by atoms with E-state index in [9.17, 15) is 9.59 Å². The number of amides is 1.